The van der Waals surface area contributed by atoms with Gasteiger partial charge in [-0.15, -0.1) is 0 Å². The molecule has 0 aromatic heterocycles. The fourth-order valence-corrected chi connectivity index (χ4v) is 2.80. The van der Waals surface area contributed by atoms with Gasteiger partial charge in [0.25, 0.3) is 5.91 Å². The van der Waals surface area contributed by atoms with E-state index >= 15 is 0 Å². The number of hydrogen-bond acceptors (Lipinski definition) is 4. The van der Waals surface area contributed by atoms with Gasteiger partial charge in [0.2, 0.25) is 0 Å². The maximum Gasteiger partial charge on any atom is 0.254 e. The molecule has 1 aliphatic rings. The maximum absolute atomic E-state index is 13.0. The minimum atomic E-state index is -0.0307. The van der Waals surface area contributed by atoms with Gasteiger partial charge < -0.3 is 14.4 Å². The molecule has 1 fully saturated rings. The molecule has 2 aromatic rings. The highest BCUT2D eigenvalue weighted by atomic mass is 16.5. The molecule has 3 rings (SSSR count). The molecule has 0 aliphatic heterocycles. The van der Waals surface area contributed by atoms with E-state index < -0.39 is 0 Å². The van der Waals surface area contributed by atoms with Crippen molar-refractivity contribution < 1.29 is 14.3 Å². The number of nitrogens with zero attached hydrogens (tertiary/aromatic N) is 2. The quantitative estimate of drug-likeness (QED) is 0.811. The average Bonchev–Trinajstić information content (AvgIpc) is 3.50. The summed E-state index contributed by atoms with van der Waals surface area (Å²) in [5, 5.41) is 8.91. The molecule has 5 nitrogen and oxygen atoms in total. The number of methoxy groups -OCH3 is 2. The molecule has 128 valence electrons. The molecule has 0 saturated heterocycles. The van der Waals surface area contributed by atoms with Gasteiger partial charge in [-0.25, -0.2) is 0 Å². The highest BCUT2D eigenvalue weighted by molar-refractivity contribution is 5.94. The van der Waals surface area contributed by atoms with Gasteiger partial charge >= 0.3 is 0 Å². The van der Waals surface area contributed by atoms with Crippen molar-refractivity contribution in [1.29, 1.82) is 5.26 Å². The van der Waals surface area contributed by atoms with Crippen LogP contribution in [-0.4, -0.2) is 31.1 Å². The molecule has 0 radical (unpaired) electrons. The second kappa shape index (κ2) is 7.27. The van der Waals surface area contributed by atoms with Gasteiger partial charge in [-0.1, -0.05) is 0 Å². The number of ether oxygens (including phenoxy) is 2. The van der Waals surface area contributed by atoms with E-state index in [0.29, 0.717) is 17.7 Å². The number of benzene rings is 2. The molecule has 25 heavy (non-hydrogen) atoms. The Kier molecular flexibility index (Phi) is 4.90. The zero-order valence-corrected chi connectivity index (χ0v) is 14.4. The third kappa shape index (κ3) is 3.74. The number of hydrogen-bond donors (Lipinski definition) is 0. The van der Waals surface area contributed by atoms with Crippen LogP contribution in [-0.2, 0) is 6.54 Å². The van der Waals surface area contributed by atoms with E-state index in [9.17, 15) is 4.79 Å². The van der Waals surface area contributed by atoms with E-state index in [1.165, 1.54) is 0 Å². The molecule has 0 atom stereocenters. The van der Waals surface area contributed by atoms with Crippen molar-refractivity contribution in [3.8, 4) is 17.6 Å². The van der Waals surface area contributed by atoms with Crippen LogP contribution in [0.3, 0.4) is 0 Å². The Labute approximate surface area is 147 Å². The standard InChI is InChI=1S/C20H20N2O3/c1-24-18-9-10-19(25-2)16(11-18)13-22(17-7-8-17)20(23)15-5-3-14(12-21)4-6-15/h3-6,9-11,17H,7-8,13H2,1-2H3. The Hall–Kier alpha value is -3.00. The molecule has 1 saturated carbocycles. The molecule has 0 bridgehead atoms. The second-order valence-corrected chi connectivity index (χ2v) is 6.03. The molecule has 2 aromatic carbocycles. The molecule has 1 amide bonds. The van der Waals surface area contributed by atoms with Crippen LogP contribution in [0.2, 0.25) is 0 Å². The number of carbonyl (C=O) groups is 1. The summed E-state index contributed by atoms with van der Waals surface area (Å²) in [6, 6.07) is 14.7. The maximum atomic E-state index is 13.0. The van der Waals surface area contributed by atoms with E-state index in [1.807, 2.05) is 23.1 Å². The molecule has 0 spiro atoms. The second-order valence-electron chi connectivity index (χ2n) is 6.03. The van der Waals surface area contributed by atoms with Crippen molar-refractivity contribution in [2.75, 3.05) is 14.2 Å². The van der Waals surface area contributed by atoms with Crippen molar-refractivity contribution in [3.63, 3.8) is 0 Å². The Morgan fingerprint density at radius 3 is 2.44 bits per heavy atom. The van der Waals surface area contributed by atoms with Crippen LogP contribution in [0.1, 0.15) is 34.3 Å². The van der Waals surface area contributed by atoms with Gasteiger partial charge in [0.15, 0.2) is 0 Å². The largest absolute Gasteiger partial charge is 0.497 e. The summed E-state index contributed by atoms with van der Waals surface area (Å²) in [6.45, 7) is 0.462. The SMILES string of the molecule is COc1ccc(OC)c(CN(C(=O)c2ccc(C#N)cc2)C2CC2)c1. The van der Waals surface area contributed by atoms with Gasteiger partial charge in [0, 0.05) is 17.2 Å². The molecule has 5 heteroatoms. The molecule has 1 aliphatic carbocycles. The summed E-state index contributed by atoms with van der Waals surface area (Å²) >= 11 is 0. The molecular formula is C20H20N2O3. The smallest absolute Gasteiger partial charge is 0.254 e. The summed E-state index contributed by atoms with van der Waals surface area (Å²) in [6.07, 6.45) is 2.02. The van der Waals surface area contributed by atoms with E-state index in [4.69, 9.17) is 14.7 Å². The Morgan fingerprint density at radius 2 is 1.88 bits per heavy atom. The highest BCUT2D eigenvalue weighted by Gasteiger charge is 2.33. The summed E-state index contributed by atoms with van der Waals surface area (Å²) in [5.74, 6) is 1.44. The minimum absolute atomic E-state index is 0.0307. The Morgan fingerprint density at radius 1 is 1.16 bits per heavy atom. The first-order valence-electron chi connectivity index (χ1n) is 8.18. The topological polar surface area (TPSA) is 62.6 Å². The van der Waals surface area contributed by atoms with Crippen LogP contribution in [0.25, 0.3) is 0 Å². The number of amides is 1. The normalized spacial score (nSPS) is 13.0. The van der Waals surface area contributed by atoms with E-state index in [0.717, 1.165) is 29.9 Å². The monoisotopic (exact) mass is 336 g/mol. The van der Waals surface area contributed by atoms with E-state index in [1.54, 1.807) is 38.5 Å². The van der Waals surface area contributed by atoms with Gasteiger partial charge in [-0.3, -0.25) is 4.79 Å². The van der Waals surface area contributed by atoms with E-state index in [2.05, 4.69) is 6.07 Å². The zero-order chi connectivity index (χ0) is 17.8. The zero-order valence-electron chi connectivity index (χ0n) is 14.4. The molecule has 0 N–H and O–H groups in total. The van der Waals surface area contributed by atoms with Crippen LogP contribution in [0.4, 0.5) is 0 Å². The number of carbonyl (C=O) groups excluding carboxylic acids is 1. The van der Waals surface area contributed by atoms with Gasteiger partial charge in [0.05, 0.1) is 32.4 Å². The van der Waals surface area contributed by atoms with E-state index in [-0.39, 0.29) is 11.9 Å². The van der Waals surface area contributed by atoms with Crippen molar-refractivity contribution in [2.24, 2.45) is 0 Å². The highest BCUT2D eigenvalue weighted by Crippen LogP contribution is 2.33. The fraction of sp³-hybridized carbons (Fsp3) is 0.300. The first kappa shape index (κ1) is 16.8. The first-order chi connectivity index (χ1) is 12.2. The lowest BCUT2D eigenvalue weighted by atomic mass is 10.1. The predicted octanol–water partition coefficient (Wildman–Crippen LogP) is 3.38. The van der Waals surface area contributed by atoms with Crippen molar-refractivity contribution in [2.45, 2.75) is 25.4 Å². The first-order valence-corrected chi connectivity index (χ1v) is 8.18. The summed E-state index contributed by atoms with van der Waals surface area (Å²) in [5.41, 5.74) is 2.05. The average molecular weight is 336 g/mol. The molecule has 0 unspecified atom stereocenters. The van der Waals surface area contributed by atoms with Crippen LogP contribution in [0.5, 0.6) is 11.5 Å². The fourth-order valence-electron chi connectivity index (χ4n) is 2.80. The summed E-state index contributed by atoms with van der Waals surface area (Å²) < 4.78 is 10.7. The predicted molar refractivity (Wildman–Crippen MR) is 93.6 cm³/mol. The van der Waals surface area contributed by atoms with Crippen molar-refractivity contribution in [3.05, 3.63) is 59.2 Å². The minimum Gasteiger partial charge on any atom is -0.497 e. The van der Waals surface area contributed by atoms with Crippen molar-refractivity contribution >= 4 is 5.91 Å². The Balaban J connectivity index is 1.87. The van der Waals surface area contributed by atoms with Crippen molar-refractivity contribution in [1.82, 2.24) is 4.90 Å². The lowest BCUT2D eigenvalue weighted by Crippen LogP contribution is -2.32. The van der Waals surface area contributed by atoms with Crippen LogP contribution in [0.15, 0.2) is 42.5 Å². The van der Waals surface area contributed by atoms with Gasteiger partial charge in [-0.05, 0) is 55.3 Å². The summed E-state index contributed by atoms with van der Waals surface area (Å²) in [4.78, 5) is 14.8. The lowest BCUT2D eigenvalue weighted by Gasteiger charge is -2.24. The summed E-state index contributed by atoms with van der Waals surface area (Å²) in [7, 11) is 3.24. The Bertz CT molecular complexity index is 805. The van der Waals surface area contributed by atoms with Crippen LogP contribution >= 0.6 is 0 Å². The van der Waals surface area contributed by atoms with Gasteiger partial charge in [0.1, 0.15) is 11.5 Å². The van der Waals surface area contributed by atoms with Crippen LogP contribution < -0.4 is 9.47 Å². The number of nitriles is 1. The van der Waals surface area contributed by atoms with Gasteiger partial charge in [-0.2, -0.15) is 5.26 Å². The third-order valence-corrected chi connectivity index (χ3v) is 4.34. The van der Waals surface area contributed by atoms with Crippen LogP contribution in [0, 0.1) is 11.3 Å². The molecular weight excluding hydrogens is 316 g/mol. The lowest BCUT2D eigenvalue weighted by molar-refractivity contribution is 0.0728. The number of rotatable bonds is 6. The third-order valence-electron chi connectivity index (χ3n) is 4.34. The molecule has 0 heterocycles.